The van der Waals surface area contributed by atoms with Crippen LogP contribution in [0.1, 0.15) is 127 Å². The lowest BCUT2D eigenvalue weighted by Crippen LogP contribution is -2.27. The first-order valence-electron chi connectivity index (χ1n) is 14.0. The van der Waals surface area contributed by atoms with E-state index in [0.717, 1.165) is 52.7 Å². The SMILES string of the molecule is COc1c(C)c(C)c(OC)c(C(O)C[C@](C)(O)CCC[C@H](C)CCC[C@H](C)CCCC(C)C)c1C. The van der Waals surface area contributed by atoms with Crippen molar-refractivity contribution in [1.29, 1.82) is 0 Å². The van der Waals surface area contributed by atoms with Gasteiger partial charge >= 0.3 is 0 Å². The molecule has 35 heavy (non-hydrogen) atoms. The summed E-state index contributed by atoms with van der Waals surface area (Å²) in [6.45, 7) is 17.1. The molecule has 0 amide bonds. The topological polar surface area (TPSA) is 58.9 Å². The van der Waals surface area contributed by atoms with Gasteiger partial charge in [-0.25, -0.2) is 0 Å². The van der Waals surface area contributed by atoms with Crippen LogP contribution in [0.4, 0.5) is 0 Å². The van der Waals surface area contributed by atoms with Crippen molar-refractivity contribution in [3.63, 3.8) is 0 Å². The molecule has 1 aromatic carbocycles. The highest BCUT2D eigenvalue weighted by Crippen LogP contribution is 2.43. The minimum absolute atomic E-state index is 0.276. The third-order valence-electron chi connectivity index (χ3n) is 7.89. The summed E-state index contributed by atoms with van der Waals surface area (Å²) < 4.78 is 11.3. The van der Waals surface area contributed by atoms with Crippen molar-refractivity contribution >= 4 is 0 Å². The number of aliphatic hydroxyl groups excluding tert-OH is 1. The van der Waals surface area contributed by atoms with Gasteiger partial charge in [0.25, 0.3) is 0 Å². The maximum atomic E-state index is 11.2. The van der Waals surface area contributed by atoms with E-state index in [2.05, 4.69) is 27.7 Å². The summed E-state index contributed by atoms with van der Waals surface area (Å²) >= 11 is 0. The lowest BCUT2D eigenvalue weighted by Gasteiger charge is -2.29. The normalized spacial score (nSPS) is 16.1. The molecule has 0 heterocycles. The van der Waals surface area contributed by atoms with Gasteiger partial charge in [0.2, 0.25) is 0 Å². The van der Waals surface area contributed by atoms with Crippen molar-refractivity contribution in [2.24, 2.45) is 17.8 Å². The van der Waals surface area contributed by atoms with Gasteiger partial charge in [0.05, 0.1) is 25.9 Å². The smallest absolute Gasteiger partial charge is 0.128 e. The second kappa shape index (κ2) is 15.1. The van der Waals surface area contributed by atoms with Crippen LogP contribution < -0.4 is 9.47 Å². The highest BCUT2D eigenvalue weighted by molar-refractivity contribution is 5.58. The van der Waals surface area contributed by atoms with Crippen molar-refractivity contribution in [3.05, 3.63) is 22.3 Å². The molecule has 0 aromatic heterocycles. The first-order valence-corrected chi connectivity index (χ1v) is 14.0. The molecule has 0 aliphatic rings. The zero-order valence-corrected chi connectivity index (χ0v) is 24.6. The van der Waals surface area contributed by atoms with Crippen LogP contribution in [-0.4, -0.2) is 30.0 Å². The molecule has 0 aliphatic heterocycles. The van der Waals surface area contributed by atoms with Gasteiger partial charge in [-0.1, -0.05) is 79.1 Å². The lowest BCUT2D eigenvalue weighted by atomic mass is 9.85. The molecule has 204 valence electrons. The van der Waals surface area contributed by atoms with Gasteiger partial charge in [-0.15, -0.1) is 0 Å². The van der Waals surface area contributed by atoms with Gasteiger partial charge in [-0.05, 0) is 63.0 Å². The van der Waals surface area contributed by atoms with Gasteiger partial charge in [-0.2, -0.15) is 0 Å². The third-order valence-corrected chi connectivity index (χ3v) is 7.89. The van der Waals surface area contributed by atoms with Crippen LogP contribution in [-0.2, 0) is 0 Å². The van der Waals surface area contributed by atoms with Crippen molar-refractivity contribution in [1.82, 2.24) is 0 Å². The van der Waals surface area contributed by atoms with E-state index in [1.54, 1.807) is 14.2 Å². The number of hydrogen-bond acceptors (Lipinski definition) is 4. The van der Waals surface area contributed by atoms with Crippen molar-refractivity contribution in [2.45, 2.75) is 131 Å². The molecule has 0 saturated carbocycles. The fraction of sp³-hybridized carbons (Fsp3) is 0.806. The Labute approximate surface area is 216 Å². The first-order chi connectivity index (χ1) is 16.3. The van der Waals surface area contributed by atoms with Crippen LogP contribution in [0.25, 0.3) is 0 Å². The molecule has 4 nitrogen and oxygen atoms in total. The Balaban J connectivity index is 2.56. The predicted molar refractivity (Wildman–Crippen MR) is 149 cm³/mol. The number of hydrogen-bond donors (Lipinski definition) is 2. The van der Waals surface area contributed by atoms with E-state index >= 15 is 0 Å². The lowest BCUT2D eigenvalue weighted by molar-refractivity contribution is -0.00641. The number of aliphatic hydroxyl groups is 2. The van der Waals surface area contributed by atoms with E-state index in [1.807, 2.05) is 27.7 Å². The number of methoxy groups -OCH3 is 2. The predicted octanol–water partition coefficient (Wildman–Crippen LogP) is 8.24. The Morgan fingerprint density at radius 1 is 0.714 bits per heavy atom. The monoisotopic (exact) mass is 492 g/mol. The van der Waals surface area contributed by atoms with Crippen molar-refractivity contribution < 1.29 is 19.7 Å². The Kier molecular flexibility index (Phi) is 13.7. The zero-order valence-electron chi connectivity index (χ0n) is 24.6. The summed E-state index contributed by atoms with van der Waals surface area (Å²) in [5.41, 5.74) is 2.65. The second-order valence-electron chi connectivity index (χ2n) is 11.9. The molecule has 1 unspecified atom stereocenters. The molecule has 1 aromatic rings. The highest BCUT2D eigenvalue weighted by Gasteiger charge is 2.30. The largest absolute Gasteiger partial charge is 0.496 e. The van der Waals surface area contributed by atoms with Crippen molar-refractivity contribution in [2.75, 3.05) is 14.2 Å². The van der Waals surface area contributed by atoms with E-state index < -0.39 is 11.7 Å². The summed E-state index contributed by atoms with van der Waals surface area (Å²) in [6.07, 6.45) is 10.2. The summed E-state index contributed by atoms with van der Waals surface area (Å²) in [5.74, 6) is 3.78. The maximum absolute atomic E-state index is 11.2. The quantitative estimate of drug-likeness (QED) is 0.230. The van der Waals surface area contributed by atoms with Crippen LogP contribution in [0.2, 0.25) is 0 Å². The number of rotatable bonds is 17. The second-order valence-corrected chi connectivity index (χ2v) is 11.9. The standard InChI is InChI=1S/C31H56O4/c1-21(2)14-11-15-22(3)16-12-17-23(4)18-13-19-31(8,33)20-27(32)28-26(7)29(34-9)24(5)25(6)30(28)35-10/h21-23,27,32-33H,11-20H2,1-10H3/t22-,23-,27?,31-/m1/s1. The minimum Gasteiger partial charge on any atom is -0.496 e. The van der Waals surface area contributed by atoms with Crippen LogP contribution in [0.5, 0.6) is 11.5 Å². The molecule has 0 radical (unpaired) electrons. The van der Waals surface area contributed by atoms with E-state index in [1.165, 1.54) is 38.5 Å². The summed E-state index contributed by atoms with van der Waals surface area (Å²) in [5, 5.41) is 22.3. The Bertz CT molecular complexity index is 753. The van der Waals surface area contributed by atoms with Crippen LogP contribution >= 0.6 is 0 Å². The minimum atomic E-state index is -0.937. The molecule has 0 fully saturated rings. The Hall–Kier alpha value is -1.26. The molecule has 0 spiro atoms. The van der Waals surface area contributed by atoms with Crippen LogP contribution in [0.3, 0.4) is 0 Å². The third kappa shape index (κ3) is 10.3. The summed E-state index contributed by atoms with van der Waals surface area (Å²) in [7, 11) is 3.29. The van der Waals surface area contributed by atoms with Gasteiger partial charge in [-0.3, -0.25) is 0 Å². The molecule has 2 N–H and O–H groups in total. The van der Waals surface area contributed by atoms with Gasteiger partial charge in [0.15, 0.2) is 0 Å². The molecule has 4 heteroatoms. The van der Waals surface area contributed by atoms with E-state index in [-0.39, 0.29) is 6.42 Å². The van der Waals surface area contributed by atoms with E-state index in [0.29, 0.717) is 18.1 Å². The highest BCUT2D eigenvalue weighted by atomic mass is 16.5. The Morgan fingerprint density at radius 2 is 1.17 bits per heavy atom. The Morgan fingerprint density at radius 3 is 1.66 bits per heavy atom. The number of benzene rings is 1. The van der Waals surface area contributed by atoms with Crippen molar-refractivity contribution in [3.8, 4) is 11.5 Å². The average molecular weight is 493 g/mol. The van der Waals surface area contributed by atoms with E-state index in [9.17, 15) is 10.2 Å². The molecule has 1 rings (SSSR count). The molecular formula is C31H56O4. The molecular weight excluding hydrogens is 436 g/mol. The zero-order chi connectivity index (χ0) is 26.8. The fourth-order valence-electron chi connectivity index (χ4n) is 5.52. The van der Waals surface area contributed by atoms with Crippen LogP contribution in [0, 0.1) is 38.5 Å². The molecule has 0 bridgehead atoms. The van der Waals surface area contributed by atoms with Crippen LogP contribution in [0.15, 0.2) is 0 Å². The fourth-order valence-corrected chi connectivity index (χ4v) is 5.52. The molecule has 0 aliphatic carbocycles. The summed E-state index contributed by atoms with van der Waals surface area (Å²) in [4.78, 5) is 0. The molecule has 0 saturated heterocycles. The van der Waals surface area contributed by atoms with E-state index in [4.69, 9.17) is 9.47 Å². The van der Waals surface area contributed by atoms with Gasteiger partial charge in [0.1, 0.15) is 11.5 Å². The van der Waals surface area contributed by atoms with Gasteiger partial charge < -0.3 is 19.7 Å². The number of ether oxygens (including phenoxy) is 2. The summed E-state index contributed by atoms with van der Waals surface area (Å²) in [6, 6.07) is 0. The average Bonchev–Trinajstić information content (AvgIpc) is 2.75. The first kappa shape index (κ1) is 31.8. The maximum Gasteiger partial charge on any atom is 0.128 e. The van der Waals surface area contributed by atoms with Gasteiger partial charge in [0, 0.05) is 17.5 Å². The molecule has 4 atom stereocenters.